The van der Waals surface area contributed by atoms with E-state index in [4.69, 9.17) is 0 Å². The van der Waals surface area contributed by atoms with Crippen LogP contribution in [-0.4, -0.2) is 53.8 Å². The van der Waals surface area contributed by atoms with Crippen LogP contribution >= 0.6 is 11.3 Å². The molecule has 0 radical (unpaired) electrons. The van der Waals surface area contributed by atoms with Crippen molar-refractivity contribution in [2.24, 2.45) is 0 Å². The molecule has 0 bridgehead atoms. The summed E-state index contributed by atoms with van der Waals surface area (Å²) in [5.74, 6) is -1.18. The van der Waals surface area contributed by atoms with Gasteiger partial charge in [0.25, 0.3) is 11.8 Å². The van der Waals surface area contributed by atoms with Crippen LogP contribution in [-0.2, 0) is 11.2 Å². The minimum atomic E-state index is -0.415. The summed E-state index contributed by atoms with van der Waals surface area (Å²) in [6, 6.07) is 6.63. The molecule has 3 heterocycles. The summed E-state index contributed by atoms with van der Waals surface area (Å²) in [5, 5.41) is 5.86. The SMILES string of the molecule is O=C(CN1C(=O)c2ccccc2C1=O)NCCc1csc(N2CCCCC2)n1. The zero-order valence-electron chi connectivity index (χ0n) is 15.5. The number of piperidine rings is 1. The van der Waals surface area contributed by atoms with Gasteiger partial charge >= 0.3 is 0 Å². The quantitative estimate of drug-likeness (QED) is 0.754. The lowest BCUT2D eigenvalue weighted by Crippen LogP contribution is -2.40. The standard InChI is InChI=1S/C20H22N4O3S/c25-17(12-24-18(26)15-6-2-3-7-16(15)19(24)27)21-9-8-14-13-28-20(22-14)23-10-4-1-5-11-23/h2-3,6-7,13H,1,4-5,8-12H2,(H,21,25). The van der Waals surface area contributed by atoms with Crippen molar-refractivity contribution >= 4 is 34.2 Å². The molecule has 3 amide bonds. The third-order valence-electron chi connectivity index (χ3n) is 5.05. The van der Waals surface area contributed by atoms with Gasteiger partial charge in [-0.1, -0.05) is 12.1 Å². The van der Waals surface area contributed by atoms with Gasteiger partial charge in [-0.2, -0.15) is 0 Å². The summed E-state index contributed by atoms with van der Waals surface area (Å²) in [7, 11) is 0. The Morgan fingerprint density at radius 3 is 2.43 bits per heavy atom. The van der Waals surface area contributed by atoms with E-state index in [1.807, 2.05) is 5.38 Å². The van der Waals surface area contributed by atoms with E-state index in [1.165, 1.54) is 19.3 Å². The molecule has 8 heteroatoms. The fraction of sp³-hybridized carbons (Fsp3) is 0.400. The van der Waals surface area contributed by atoms with E-state index in [0.29, 0.717) is 24.1 Å². The van der Waals surface area contributed by atoms with Crippen LogP contribution in [0.4, 0.5) is 5.13 Å². The van der Waals surface area contributed by atoms with Gasteiger partial charge in [0.2, 0.25) is 5.91 Å². The highest BCUT2D eigenvalue weighted by atomic mass is 32.1. The monoisotopic (exact) mass is 398 g/mol. The summed E-state index contributed by atoms with van der Waals surface area (Å²) < 4.78 is 0. The van der Waals surface area contributed by atoms with Crippen LogP contribution in [0.25, 0.3) is 0 Å². The van der Waals surface area contributed by atoms with Gasteiger partial charge in [-0.3, -0.25) is 19.3 Å². The first-order valence-electron chi connectivity index (χ1n) is 9.55. The van der Waals surface area contributed by atoms with Crippen molar-refractivity contribution in [3.8, 4) is 0 Å². The molecule has 1 aromatic heterocycles. The van der Waals surface area contributed by atoms with Gasteiger partial charge in [0.15, 0.2) is 5.13 Å². The smallest absolute Gasteiger partial charge is 0.262 e. The number of hydrogen-bond acceptors (Lipinski definition) is 6. The Hall–Kier alpha value is -2.74. The molecular weight excluding hydrogens is 376 g/mol. The maximum atomic E-state index is 12.3. The Morgan fingerprint density at radius 1 is 1.07 bits per heavy atom. The van der Waals surface area contributed by atoms with Crippen molar-refractivity contribution < 1.29 is 14.4 Å². The second-order valence-corrected chi connectivity index (χ2v) is 7.85. The van der Waals surface area contributed by atoms with Crippen LogP contribution < -0.4 is 10.2 Å². The largest absolute Gasteiger partial charge is 0.354 e. The summed E-state index contributed by atoms with van der Waals surface area (Å²) in [5.41, 5.74) is 1.66. The predicted octanol–water partition coefficient (Wildman–Crippen LogP) is 2.09. The van der Waals surface area contributed by atoms with Gasteiger partial charge in [-0.25, -0.2) is 4.98 Å². The molecule has 1 N–H and O–H groups in total. The molecule has 2 aliphatic heterocycles. The number of hydrogen-bond donors (Lipinski definition) is 1. The molecule has 2 aliphatic rings. The molecule has 0 atom stereocenters. The number of amides is 3. The number of imide groups is 1. The number of carbonyl (C=O) groups is 3. The highest BCUT2D eigenvalue weighted by molar-refractivity contribution is 7.13. The van der Waals surface area contributed by atoms with Crippen molar-refractivity contribution in [1.29, 1.82) is 0 Å². The zero-order valence-corrected chi connectivity index (χ0v) is 16.3. The topological polar surface area (TPSA) is 82.6 Å². The predicted molar refractivity (Wildman–Crippen MR) is 107 cm³/mol. The first kappa shape index (κ1) is 18.6. The number of benzene rings is 1. The fourth-order valence-corrected chi connectivity index (χ4v) is 4.47. The molecule has 0 unspecified atom stereocenters. The molecule has 146 valence electrons. The first-order chi connectivity index (χ1) is 13.6. The molecule has 0 aliphatic carbocycles. The van der Waals surface area contributed by atoms with Gasteiger partial charge in [0, 0.05) is 31.4 Å². The number of thiazole rings is 1. The molecule has 2 aromatic rings. The van der Waals surface area contributed by atoms with Gasteiger partial charge < -0.3 is 10.2 Å². The van der Waals surface area contributed by atoms with Crippen LogP contribution in [0, 0.1) is 0 Å². The number of carbonyl (C=O) groups excluding carboxylic acids is 3. The molecule has 0 spiro atoms. The van der Waals surface area contributed by atoms with Crippen molar-refractivity contribution in [3.63, 3.8) is 0 Å². The molecule has 7 nitrogen and oxygen atoms in total. The molecule has 1 fully saturated rings. The van der Waals surface area contributed by atoms with Gasteiger partial charge in [-0.15, -0.1) is 11.3 Å². The average molecular weight is 398 g/mol. The highest BCUT2D eigenvalue weighted by Gasteiger charge is 2.36. The summed E-state index contributed by atoms with van der Waals surface area (Å²) in [6.07, 6.45) is 4.33. The lowest BCUT2D eigenvalue weighted by Gasteiger charge is -2.25. The summed E-state index contributed by atoms with van der Waals surface area (Å²) in [6.45, 7) is 2.28. The van der Waals surface area contributed by atoms with Gasteiger partial charge in [-0.05, 0) is 31.4 Å². The Kier molecular flexibility index (Phi) is 5.38. The number of fused-ring (bicyclic) bond motifs is 1. The minimum Gasteiger partial charge on any atom is -0.354 e. The molecule has 1 saturated heterocycles. The molecule has 0 saturated carbocycles. The van der Waals surface area contributed by atoms with E-state index in [-0.39, 0.29) is 12.5 Å². The van der Waals surface area contributed by atoms with E-state index in [1.54, 1.807) is 35.6 Å². The van der Waals surface area contributed by atoms with Crippen molar-refractivity contribution in [2.75, 3.05) is 31.1 Å². The molecule has 4 rings (SSSR count). The molecule has 1 aromatic carbocycles. The maximum absolute atomic E-state index is 12.3. The number of anilines is 1. The Labute approximate surface area is 167 Å². The number of nitrogens with zero attached hydrogens (tertiary/aromatic N) is 3. The van der Waals surface area contributed by atoms with Crippen LogP contribution in [0.1, 0.15) is 45.7 Å². The number of rotatable bonds is 6. The lowest BCUT2D eigenvalue weighted by molar-refractivity contribution is -0.121. The second-order valence-electron chi connectivity index (χ2n) is 7.01. The summed E-state index contributed by atoms with van der Waals surface area (Å²) >= 11 is 1.64. The van der Waals surface area contributed by atoms with E-state index in [0.717, 1.165) is 28.8 Å². The Balaban J connectivity index is 1.26. The third-order valence-corrected chi connectivity index (χ3v) is 6.00. The number of aromatic nitrogens is 1. The van der Waals surface area contributed by atoms with Crippen LogP contribution in [0.3, 0.4) is 0 Å². The van der Waals surface area contributed by atoms with Gasteiger partial charge in [0.05, 0.1) is 16.8 Å². The molecule has 28 heavy (non-hydrogen) atoms. The fourth-order valence-electron chi connectivity index (χ4n) is 3.55. The minimum absolute atomic E-state index is 0.261. The first-order valence-corrected chi connectivity index (χ1v) is 10.4. The lowest BCUT2D eigenvalue weighted by atomic mass is 10.1. The van der Waals surface area contributed by atoms with E-state index < -0.39 is 11.8 Å². The van der Waals surface area contributed by atoms with E-state index in [2.05, 4.69) is 15.2 Å². The Morgan fingerprint density at radius 2 is 1.75 bits per heavy atom. The van der Waals surface area contributed by atoms with Crippen molar-refractivity contribution in [3.05, 3.63) is 46.5 Å². The van der Waals surface area contributed by atoms with Crippen LogP contribution in [0.5, 0.6) is 0 Å². The maximum Gasteiger partial charge on any atom is 0.262 e. The normalized spacial score (nSPS) is 16.4. The van der Waals surface area contributed by atoms with Crippen molar-refractivity contribution in [2.45, 2.75) is 25.7 Å². The second kappa shape index (κ2) is 8.10. The zero-order chi connectivity index (χ0) is 19.5. The number of nitrogens with one attached hydrogen (secondary N) is 1. The van der Waals surface area contributed by atoms with Crippen LogP contribution in [0.2, 0.25) is 0 Å². The highest BCUT2D eigenvalue weighted by Crippen LogP contribution is 2.24. The van der Waals surface area contributed by atoms with Crippen molar-refractivity contribution in [1.82, 2.24) is 15.2 Å². The summed E-state index contributed by atoms with van der Waals surface area (Å²) in [4.78, 5) is 44.8. The molecular formula is C20H22N4O3S. The van der Waals surface area contributed by atoms with E-state index >= 15 is 0 Å². The third kappa shape index (κ3) is 3.77. The Bertz CT molecular complexity index is 869. The van der Waals surface area contributed by atoms with Gasteiger partial charge in [0.1, 0.15) is 6.54 Å². The van der Waals surface area contributed by atoms with E-state index in [9.17, 15) is 14.4 Å². The van der Waals surface area contributed by atoms with Crippen LogP contribution in [0.15, 0.2) is 29.6 Å². The average Bonchev–Trinajstić information content (AvgIpc) is 3.28.